The molecule has 1 unspecified atom stereocenters. The largest absolute Gasteiger partial charge is 0.416 e. The molecule has 8 heteroatoms. The molecule has 3 aromatic carbocycles. The normalized spacial score (nSPS) is 14.9. The summed E-state index contributed by atoms with van der Waals surface area (Å²) in [6.07, 6.45) is -3.03. The van der Waals surface area contributed by atoms with Gasteiger partial charge in [-0.3, -0.25) is 4.79 Å². The number of carbonyl (C=O) groups excluding carboxylic acids is 2. The number of halogens is 3. The molecule has 0 radical (unpaired) electrons. The van der Waals surface area contributed by atoms with Crippen LogP contribution in [-0.2, 0) is 19.0 Å². The Hall–Kier alpha value is -3.81. The number of nitrogens with one attached hydrogen (secondary N) is 3. The molecule has 4 rings (SSSR count). The van der Waals surface area contributed by atoms with Crippen molar-refractivity contribution in [2.24, 2.45) is 0 Å². The average Bonchev–Trinajstić information content (AvgIpc) is 3.20. The third-order valence-electron chi connectivity index (χ3n) is 5.76. The number of carbonyl (C=O) groups is 2. The minimum absolute atomic E-state index is 0.00658. The highest BCUT2D eigenvalue weighted by Crippen LogP contribution is 2.32. The predicted octanol–water partition coefficient (Wildman–Crippen LogP) is 5.41. The molecule has 1 aliphatic carbocycles. The van der Waals surface area contributed by atoms with Crippen molar-refractivity contribution in [3.63, 3.8) is 0 Å². The average molecular weight is 467 g/mol. The molecule has 0 bridgehead atoms. The van der Waals surface area contributed by atoms with E-state index in [1.807, 2.05) is 25.1 Å². The zero-order valence-corrected chi connectivity index (χ0v) is 18.5. The maximum absolute atomic E-state index is 13.1. The molecule has 3 aromatic rings. The monoisotopic (exact) mass is 467 g/mol. The maximum Gasteiger partial charge on any atom is 0.416 e. The van der Waals surface area contributed by atoms with Crippen molar-refractivity contribution in [1.82, 2.24) is 10.6 Å². The Labute approximate surface area is 195 Å². The minimum atomic E-state index is -4.42. The number of anilines is 1. The number of urea groups is 1. The van der Waals surface area contributed by atoms with Gasteiger partial charge in [0.15, 0.2) is 0 Å². The van der Waals surface area contributed by atoms with Crippen molar-refractivity contribution in [2.45, 2.75) is 32.0 Å². The molecule has 34 heavy (non-hydrogen) atoms. The van der Waals surface area contributed by atoms with Gasteiger partial charge >= 0.3 is 12.2 Å². The summed E-state index contributed by atoms with van der Waals surface area (Å²) in [4.78, 5) is 24.9. The zero-order valence-electron chi connectivity index (χ0n) is 18.5. The second kappa shape index (κ2) is 9.59. The number of alkyl halides is 3. The first-order chi connectivity index (χ1) is 16.2. The van der Waals surface area contributed by atoms with E-state index in [0.717, 1.165) is 29.7 Å². The number of rotatable bonds is 5. The lowest BCUT2D eigenvalue weighted by Crippen LogP contribution is -2.42. The molecule has 1 aliphatic rings. The van der Waals surface area contributed by atoms with Crippen LogP contribution in [0.15, 0.2) is 66.7 Å². The summed E-state index contributed by atoms with van der Waals surface area (Å²) < 4.78 is 38.7. The van der Waals surface area contributed by atoms with E-state index in [0.29, 0.717) is 35.3 Å². The summed E-state index contributed by atoms with van der Waals surface area (Å²) in [6, 6.07) is 17.0. The molecule has 0 heterocycles. The first kappa shape index (κ1) is 23.4. The predicted molar refractivity (Wildman–Crippen MR) is 125 cm³/mol. The summed E-state index contributed by atoms with van der Waals surface area (Å²) in [5.74, 6) is -0.356. The van der Waals surface area contributed by atoms with E-state index in [2.05, 4.69) is 16.0 Å². The molecule has 0 saturated carbocycles. The van der Waals surface area contributed by atoms with Crippen LogP contribution in [0.1, 0.15) is 34.0 Å². The van der Waals surface area contributed by atoms with Crippen LogP contribution in [0.25, 0.3) is 11.1 Å². The van der Waals surface area contributed by atoms with Crippen molar-refractivity contribution < 1.29 is 22.8 Å². The number of amides is 3. The van der Waals surface area contributed by atoms with E-state index in [1.54, 1.807) is 24.3 Å². The Balaban J connectivity index is 1.49. The quantitative estimate of drug-likeness (QED) is 0.470. The van der Waals surface area contributed by atoms with Gasteiger partial charge in [-0.25, -0.2) is 4.79 Å². The lowest BCUT2D eigenvalue weighted by molar-refractivity contribution is -0.137. The minimum Gasteiger partial charge on any atom is -0.338 e. The number of hydrogen-bond donors (Lipinski definition) is 3. The van der Waals surface area contributed by atoms with Crippen LogP contribution in [0.2, 0.25) is 0 Å². The third kappa shape index (κ3) is 5.22. The standard InChI is InChI=1S/C26H24F3N3O2/c1-2-30-25(34)32-21-13-17-9-12-20(14-18(17)15-21)31-24(33)23-6-4-3-5-22(23)16-7-10-19(11-8-16)26(27,28)29/h3-12,14,21H,2,13,15H2,1H3,(H,31,33)(H2,30,32,34). The van der Waals surface area contributed by atoms with Crippen molar-refractivity contribution in [1.29, 1.82) is 0 Å². The second-order valence-electron chi connectivity index (χ2n) is 8.17. The van der Waals surface area contributed by atoms with E-state index < -0.39 is 11.7 Å². The van der Waals surface area contributed by atoms with E-state index in [-0.39, 0.29) is 18.0 Å². The lowest BCUT2D eigenvalue weighted by Gasteiger charge is -2.13. The molecule has 1 atom stereocenters. The fraction of sp³-hybridized carbons (Fsp3) is 0.231. The lowest BCUT2D eigenvalue weighted by atomic mass is 9.98. The van der Waals surface area contributed by atoms with Crippen molar-refractivity contribution in [3.8, 4) is 11.1 Å². The molecule has 5 nitrogen and oxygen atoms in total. The van der Waals surface area contributed by atoms with Gasteiger partial charge in [0.2, 0.25) is 0 Å². The van der Waals surface area contributed by atoms with Gasteiger partial charge in [0.05, 0.1) is 5.56 Å². The van der Waals surface area contributed by atoms with Crippen LogP contribution >= 0.6 is 0 Å². The smallest absolute Gasteiger partial charge is 0.338 e. The summed E-state index contributed by atoms with van der Waals surface area (Å²) >= 11 is 0. The van der Waals surface area contributed by atoms with Crippen LogP contribution < -0.4 is 16.0 Å². The highest BCUT2D eigenvalue weighted by atomic mass is 19.4. The Morgan fingerprint density at radius 3 is 2.35 bits per heavy atom. The van der Waals surface area contributed by atoms with Crippen LogP contribution in [0.5, 0.6) is 0 Å². The van der Waals surface area contributed by atoms with E-state index in [4.69, 9.17) is 0 Å². The Morgan fingerprint density at radius 2 is 1.65 bits per heavy atom. The van der Waals surface area contributed by atoms with Gasteiger partial charge in [-0.2, -0.15) is 13.2 Å². The van der Waals surface area contributed by atoms with Gasteiger partial charge in [-0.15, -0.1) is 0 Å². The fourth-order valence-corrected chi connectivity index (χ4v) is 4.17. The van der Waals surface area contributed by atoms with Crippen molar-refractivity contribution in [2.75, 3.05) is 11.9 Å². The topological polar surface area (TPSA) is 70.2 Å². The van der Waals surface area contributed by atoms with Gasteiger partial charge in [0.25, 0.3) is 5.91 Å². The molecule has 3 amide bonds. The Bertz CT molecular complexity index is 1210. The Morgan fingerprint density at radius 1 is 0.941 bits per heavy atom. The molecule has 0 aromatic heterocycles. The number of fused-ring (bicyclic) bond motifs is 1. The molecule has 0 spiro atoms. The van der Waals surface area contributed by atoms with E-state index in [1.165, 1.54) is 12.1 Å². The molecule has 3 N–H and O–H groups in total. The number of hydrogen-bond acceptors (Lipinski definition) is 2. The van der Waals surface area contributed by atoms with Gasteiger partial charge in [-0.1, -0.05) is 36.4 Å². The maximum atomic E-state index is 13.1. The van der Waals surface area contributed by atoms with Crippen molar-refractivity contribution >= 4 is 17.6 Å². The zero-order chi connectivity index (χ0) is 24.3. The summed E-state index contributed by atoms with van der Waals surface area (Å²) in [5.41, 5.74) is 3.47. The first-order valence-corrected chi connectivity index (χ1v) is 11.0. The molecule has 176 valence electrons. The molecular weight excluding hydrogens is 443 g/mol. The van der Waals surface area contributed by atoms with Crippen LogP contribution in [0.4, 0.5) is 23.7 Å². The SMILES string of the molecule is CCNC(=O)NC1Cc2ccc(NC(=O)c3ccccc3-c3ccc(C(F)(F)F)cc3)cc2C1. The number of benzene rings is 3. The van der Waals surface area contributed by atoms with Crippen LogP contribution in [0.3, 0.4) is 0 Å². The summed E-state index contributed by atoms with van der Waals surface area (Å²) in [5, 5.41) is 8.56. The second-order valence-corrected chi connectivity index (χ2v) is 8.17. The van der Waals surface area contributed by atoms with Gasteiger partial charge < -0.3 is 16.0 Å². The first-order valence-electron chi connectivity index (χ1n) is 11.0. The van der Waals surface area contributed by atoms with Gasteiger partial charge in [0.1, 0.15) is 0 Å². The summed E-state index contributed by atoms with van der Waals surface area (Å²) in [6.45, 7) is 2.41. The summed E-state index contributed by atoms with van der Waals surface area (Å²) in [7, 11) is 0. The van der Waals surface area contributed by atoms with Gasteiger partial charge in [0, 0.05) is 23.8 Å². The Kier molecular flexibility index (Phi) is 6.58. The molecular formula is C26H24F3N3O2. The van der Waals surface area contributed by atoms with Gasteiger partial charge in [-0.05, 0) is 72.4 Å². The molecule has 0 aliphatic heterocycles. The van der Waals surface area contributed by atoms with Crippen molar-refractivity contribution in [3.05, 3.63) is 89.0 Å². The third-order valence-corrected chi connectivity index (χ3v) is 5.76. The highest BCUT2D eigenvalue weighted by molar-refractivity contribution is 6.08. The highest BCUT2D eigenvalue weighted by Gasteiger charge is 2.30. The molecule has 0 fully saturated rings. The van der Waals surface area contributed by atoms with Crippen LogP contribution in [0, 0.1) is 0 Å². The van der Waals surface area contributed by atoms with Crippen LogP contribution in [-0.4, -0.2) is 24.5 Å². The van der Waals surface area contributed by atoms with E-state index >= 15 is 0 Å². The van der Waals surface area contributed by atoms with E-state index in [9.17, 15) is 22.8 Å². The molecule has 0 saturated heterocycles. The fourth-order valence-electron chi connectivity index (χ4n) is 4.17.